The minimum Gasteiger partial charge on any atom is -0.507 e. The van der Waals surface area contributed by atoms with Gasteiger partial charge in [-0.25, -0.2) is 0 Å². The van der Waals surface area contributed by atoms with Gasteiger partial charge in [-0.05, 0) is 38.7 Å². The largest absolute Gasteiger partial charge is 0.507 e. The molecule has 1 aromatic rings. The molecule has 0 spiro atoms. The highest BCUT2D eigenvalue weighted by Gasteiger charge is 2.30. The Balaban J connectivity index is 1.76. The first-order chi connectivity index (χ1) is 16.7. The summed E-state index contributed by atoms with van der Waals surface area (Å²) in [6.45, 7) is 8.67. The SMILES string of the molecule is COc1cc(O)c(CNc2nc(NC3CCCCC3N)n(C(C)C)c3c(C(C)C)nnc2-3)cc1O. The molecule has 2 heterocycles. The fourth-order valence-electron chi connectivity index (χ4n) is 4.74. The van der Waals surface area contributed by atoms with Crippen molar-refractivity contribution in [3.63, 3.8) is 0 Å². The lowest BCUT2D eigenvalue weighted by Gasteiger charge is -2.32. The van der Waals surface area contributed by atoms with E-state index in [0.29, 0.717) is 17.1 Å². The predicted octanol–water partition coefficient (Wildman–Crippen LogP) is 4.20. The predicted molar refractivity (Wildman–Crippen MR) is 136 cm³/mol. The molecule has 6 N–H and O–H groups in total. The number of benzene rings is 1. The van der Waals surface area contributed by atoms with Gasteiger partial charge in [-0.3, -0.25) is 0 Å². The van der Waals surface area contributed by atoms with Crippen molar-refractivity contribution < 1.29 is 14.9 Å². The summed E-state index contributed by atoms with van der Waals surface area (Å²) in [5.74, 6) is 1.62. The van der Waals surface area contributed by atoms with E-state index in [9.17, 15) is 10.2 Å². The molecule has 4 rings (SSSR count). The lowest BCUT2D eigenvalue weighted by atomic mass is 9.91. The number of nitrogens with zero attached hydrogens (tertiary/aromatic N) is 4. The molecule has 1 fully saturated rings. The number of rotatable bonds is 8. The van der Waals surface area contributed by atoms with Crippen molar-refractivity contribution in [2.45, 2.75) is 84.0 Å². The third-order valence-corrected chi connectivity index (χ3v) is 6.66. The second-order valence-corrected chi connectivity index (χ2v) is 9.89. The Kier molecular flexibility index (Phi) is 7.20. The van der Waals surface area contributed by atoms with Crippen LogP contribution in [0.25, 0.3) is 11.4 Å². The van der Waals surface area contributed by atoms with E-state index < -0.39 is 0 Å². The molecule has 35 heavy (non-hydrogen) atoms. The minimum atomic E-state index is -0.0465. The zero-order chi connectivity index (χ0) is 25.3. The van der Waals surface area contributed by atoms with Gasteiger partial charge in [-0.15, -0.1) is 5.10 Å². The van der Waals surface area contributed by atoms with Crippen LogP contribution in [0, 0.1) is 0 Å². The second kappa shape index (κ2) is 10.2. The van der Waals surface area contributed by atoms with Gasteiger partial charge in [0.15, 0.2) is 23.0 Å². The molecular formula is C25H37N7O3. The Morgan fingerprint density at radius 3 is 2.51 bits per heavy atom. The number of phenols is 2. The number of anilines is 2. The van der Waals surface area contributed by atoms with E-state index in [1.165, 1.54) is 19.2 Å². The molecular weight excluding hydrogens is 446 g/mol. The molecule has 2 aliphatic heterocycles. The van der Waals surface area contributed by atoms with Crippen LogP contribution >= 0.6 is 0 Å². The lowest BCUT2D eigenvalue weighted by molar-refractivity contribution is 0.367. The molecule has 10 heteroatoms. The van der Waals surface area contributed by atoms with Crippen LogP contribution in [0.15, 0.2) is 12.1 Å². The molecule has 10 nitrogen and oxygen atoms in total. The van der Waals surface area contributed by atoms with Crippen molar-refractivity contribution in [2.24, 2.45) is 5.73 Å². The number of aromatic hydroxyl groups is 2. The summed E-state index contributed by atoms with van der Waals surface area (Å²) in [6, 6.07) is 3.19. The molecule has 0 bridgehead atoms. The van der Waals surface area contributed by atoms with Gasteiger partial charge in [0.1, 0.15) is 5.75 Å². The molecule has 0 radical (unpaired) electrons. The Hall–Kier alpha value is -3.27. The summed E-state index contributed by atoms with van der Waals surface area (Å²) in [5, 5.41) is 36.5. The number of ether oxygens (including phenoxy) is 1. The second-order valence-electron chi connectivity index (χ2n) is 9.89. The average Bonchev–Trinajstić information content (AvgIpc) is 3.25. The summed E-state index contributed by atoms with van der Waals surface area (Å²) >= 11 is 0. The van der Waals surface area contributed by atoms with Gasteiger partial charge in [-0.1, -0.05) is 26.7 Å². The first-order valence-corrected chi connectivity index (χ1v) is 12.3. The summed E-state index contributed by atoms with van der Waals surface area (Å²) in [4.78, 5) is 4.94. The average molecular weight is 484 g/mol. The maximum atomic E-state index is 10.4. The van der Waals surface area contributed by atoms with Crippen LogP contribution in [0.2, 0.25) is 0 Å². The molecule has 2 unspecified atom stereocenters. The number of phenolic OH excluding ortho intramolecular Hbond substituents is 2. The number of fused-ring (bicyclic) bond motifs is 1. The van der Waals surface area contributed by atoms with Gasteiger partial charge in [0.05, 0.1) is 18.5 Å². The van der Waals surface area contributed by atoms with E-state index >= 15 is 0 Å². The number of nitrogens with one attached hydrogen (secondary N) is 2. The minimum absolute atomic E-state index is 0.0135. The highest BCUT2D eigenvalue weighted by Crippen LogP contribution is 2.39. The van der Waals surface area contributed by atoms with Gasteiger partial charge >= 0.3 is 0 Å². The normalized spacial score (nSPS) is 18.4. The van der Waals surface area contributed by atoms with E-state index in [2.05, 4.69) is 53.1 Å². The zero-order valence-electron chi connectivity index (χ0n) is 21.2. The highest BCUT2D eigenvalue weighted by atomic mass is 16.5. The Morgan fingerprint density at radius 1 is 1.11 bits per heavy atom. The third-order valence-electron chi connectivity index (χ3n) is 6.66. The van der Waals surface area contributed by atoms with Crippen LogP contribution in [0.5, 0.6) is 17.2 Å². The van der Waals surface area contributed by atoms with E-state index in [-0.39, 0.29) is 47.8 Å². The zero-order valence-corrected chi connectivity index (χ0v) is 21.2. The quantitative estimate of drug-likeness (QED) is 0.298. The first-order valence-electron chi connectivity index (χ1n) is 12.3. The number of hydrogen-bond donors (Lipinski definition) is 5. The van der Waals surface area contributed by atoms with Crippen molar-refractivity contribution in [1.29, 1.82) is 0 Å². The smallest absolute Gasteiger partial charge is 0.205 e. The molecule has 1 aliphatic carbocycles. The summed E-state index contributed by atoms with van der Waals surface area (Å²) in [7, 11) is 1.44. The van der Waals surface area contributed by atoms with Crippen molar-refractivity contribution in [2.75, 3.05) is 17.7 Å². The molecule has 1 aromatic carbocycles. The van der Waals surface area contributed by atoms with Crippen molar-refractivity contribution in [3.05, 3.63) is 23.4 Å². The van der Waals surface area contributed by atoms with Crippen molar-refractivity contribution in [1.82, 2.24) is 19.7 Å². The Labute approximate surface area is 206 Å². The number of methoxy groups -OCH3 is 1. The van der Waals surface area contributed by atoms with Gasteiger partial charge in [0.25, 0.3) is 0 Å². The van der Waals surface area contributed by atoms with Crippen LogP contribution in [0.1, 0.15) is 76.6 Å². The van der Waals surface area contributed by atoms with Crippen LogP contribution in [0.3, 0.4) is 0 Å². The van der Waals surface area contributed by atoms with Crippen LogP contribution in [0.4, 0.5) is 11.8 Å². The molecule has 1 saturated carbocycles. The number of nitrogens with two attached hydrogens (primary N) is 1. The molecule has 0 saturated heterocycles. The summed E-state index contributed by atoms with van der Waals surface area (Å²) < 4.78 is 7.24. The monoisotopic (exact) mass is 483 g/mol. The van der Waals surface area contributed by atoms with Gasteiger partial charge < -0.3 is 35.9 Å². The van der Waals surface area contributed by atoms with E-state index in [4.69, 9.17) is 15.5 Å². The van der Waals surface area contributed by atoms with Crippen LogP contribution < -0.4 is 21.1 Å². The summed E-state index contributed by atoms with van der Waals surface area (Å²) in [6.07, 6.45) is 4.27. The van der Waals surface area contributed by atoms with Crippen molar-refractivity contribution >= 4 is 11.8 Å². The Morgan fingerprint density at radius 2 is 1.86 bits per heavy atom. The Bertz CT molecular complexity index is 1140. The fourth-order valence-corrected chi connectivity index (χ4v) is 4.74. The molecule has 0 aromatic heterocycles. The lowest BCUT2D eigenvalue weighted by Crippen LogP contribution is -2.43. The number of aromatic nitrogens is 4. The maximum absolute atomic E-state index is 10.4. The number of hydrogen-bond acceptors (Lipinski definition) is 9. The van der Waals surface area contributed by atoms with Gasteiger partial charge in [-0.2, -0.15) is 10.1 Å². The standard InChI is InChI=1S/C25H37N7O3/c1-13(2)21-23-22(31-30-21)24(27-12-15-10-19(34)20(35-5)11-18(15)33)29-25(32(23)14(3)4)28-17-9-7-6-8-16(17)26/h10-11,13-14,16-17,27,33-34H,6-9,12,26H2,1-5H3,(H,28,29). The van der Waals surface area contributed by atoms with E-state index in [1.54, 1.807) is 0 Å². The van der Waals surface area contributed by atoms with Gasteiger partial charge in [0, 0.05) is 36.3 Å². The van der Waals surface area contributed by atoms with Crippen LogP contribution in [-0.2, 0) is 6.54 Å². The van der Waals surface area contributed by atoms with Crippen LogP contribution in [-0.4, -0.2) is 49.2 Å². The van der Waals surface area contributed by atoms with Gasteiger partial charge in [0.2, 0.25) is 5.95 Å². The third kappa shape index (κ3) is 4.93. The molecule has 0 amide bonds. The highest BCUT2D eigenvalue weighted by molar-refractivity contribution is 5.75. The van der Waals surface area contributed by atoms with E-state index in [1.807, 2.05) is 0 Å². The maximum Gasteiger partial charge on any atom is 0.205 e. The van der Waals surface area contributed by atoms with Crippen molar-refractivity contribution in [3.8, 4) is 28.6 Å². The molecule has 2 atom stereocenters. The summed E-state index contributed by atoms with van der Waals surface area (Å²) in [5.41, 5.74) is 9.45. The topological polar surface area (TPSA) is 143 Å². The fraction of sp³-hybridized carbons (Fsp3) is 0.560. The molecule has 190 valence electrons. The first kappa shape index (κ1) is 24.8. The van der Waals surface area contributed by atoms with E-state index in [0.717, 1.165) is 43.0 Å². The molecule has 3 aliphatic rings.